The molecule has 542 valence electrons. The first-order valence-electron chi connectivity index (χ1n) is 42.4. The van der Waals surface area contributed by atoms with Crippen LogP contribution in [0.5, 0.6) is 0 Å². The number of carbonyl (C=O) groups is 2. The van der Waals surface area contributed by atoms with E-state index in [1.54, 1.807) is 0 Å². The molecule has 1 amide bonds. The van der Waals surface area contributed by atoms with Gasteiger partial charge in [0.1, 0.15) is 0 Å². The van der Waals surface area contributed by atoms with Crippen LogP contribution in [0.2, 0.25) is 0 Å². The van der Waals surface area contributed by atoms with Crippen molar-refractivity contribution in [3.05, 3.63) is 12.2 Å². The van der Waals surface area contributed by atoms with Gasteiger partial charge in [-0.15, -0.1) is 0 Å². The second kappa shape index (κ2) is 81.0. The van der Waals surface area contributed by atoms with Gasteiger partial charge in [-0.1, -0.05) is 443 Å². The summed E-state index contributed by atoms with van der Waals surface area (Å²) in [7, 11) is 0. The lowest BCUT2D eigenvalue weighted by atomic mass is 10.0. The maximum absolute atomic E-state index is 12.6. The predicted molar refractivity (Wildman–Crippen MR) is 403 cm³/mol. The molecule has 0 aromatic carbocycles. The summed E-state index contributed by atoms with van der Waals surface area (Å²) in [5, 5.41) is 23.5. The van der Waals surface area contributed by atoms with Gasteiger partial charge < -0.3 is 20.3 Å². The fourth-order valence-electron chi connectivity index (χ4n) is 13.9. The smallest absolute Gasteiger partial charge is 0.305 e. The molecule has 0 bridgehead atoms. The van der Waals surface area contributed by atoms with Crippen LogP contribution in [0.15, 0.2) is 12.2 Å². The van der Waals surface area contributed by atoms with Crippen LogP contribution in [0, 0.1) is 0 Å². The average molecular weight is 1280 g/mol. The topological polar surface area (TPSA) is 95.9 Å². The van der Waals surface area contributed by atoms with Crippen LogP contribution in [-0.2, 0) is 14.3 Å². The molecule has 2 unspecified atom stereocenters. The van der Waals surface area contributed by atoms with Crippen molar-refractivity contribution in [2.75, 3.05) is 13.2 Å². The molecule has 0 saturated heterocycles. The maximum atomic E-state index is 12.6. The second-order valence-electron chi connectivity index (χ2n) is 29.5. The van der Waals surface area contributed by atoms with Crippen molar-refractivity contribution >= 4 is 11.9 Å². The van der Waals surface area contributed by atoms with Crippen LogP contribution < -0.4 is 5.32 Å². The summed E-state index contributed by atoms with van der Waals surface area (Å²) in [5.41, 5.74) is 0. The molecule has 2 atom stereocenters. The molecule has 3 N–H and O–H groups in total. The summed E-state index contributed by atoms with van der Waals surface area (Å²) >= 11 is 0. The van der Waals surface area contributed by atoms with Gasteiger partial charge in [-0.05, 0) is 51.4 Å². The molecule has 0 rings (SSSR count). The molecule has 0 saturated carbocycles. The molecular formula is C85H167NO5. The average Bonchev–Trinajstić information content (AvgIpc) is 3.65. The monoisotopic (exact) mass is 1280 g/mol. The Morgan fingerprint density at radius 2 is 0.516 bits per heavy atom. The Labute approximate surface area is 571 Å². The lowest BCUT2D eigenvalue weighted by Crippen LogP contribution is -2.45. The first-order chi connectivity index (χ1) is 45.0. The van der Waals surface area contributed by atoms with Crippen LogP contribution in [0.3, 0.4) is 0 Å². The number of amides is 1. The largest absolute Gasteiger partial charge is 0.466 e. The number of hydrogen-bond donors (Lipinski definition) is 3. The van der Waals surface area contributed by atoms with Gasteiger partial charge in [-0.3, -0.25) is 9.59 Å². The molecule has 0 aliphatic carbocycles. The van der Waals surface area contributed by atoms with E-state index in [1.165, 1.54) is 424 Å². The van der Waals surface area contributed by atoms with Crippen LogP contribution in [0.25, 0.3) is 0 Å². The molecular weight excluding hydrogens is 1110 g/mol. The zero-order chi connectivity index (χ0) is 65.6. The van der Waals surface area contributed by atoms with Crippen molar-refractivity contribution < 1.29 is 24.5 Å². The molecule has 0 fully saturated rings. The quantitative estimate of drug-likeness (QED) is 0.0320. The van der Waals surface area contributed by atoms with Crippen LogP contribution in [0.1, 0.15) is 495 Å². The van der Waals surface area contributed by atoms with E-state index in [4.69, 9.17) is 4.74 Å². The Balaban J connectivity index is 3.32. The molecule has 0 spiro atoms. The van der Waals surface area contributed by atoms with E-state index >= 15 is 0 Å². The number of carbonyl (C=O) groups excluding carboxylic acids is 2. The number of aliphatic hydroxyl groups excluding tert-OH is 2. The van der Waals surface area contributed by atoms with Gasteiger partial charge in [-0.25, -0.2) is 0 Å². The Hall–Kier alpha value is -1.40. The molecule has 0 aliphatic rings. The lowest BCUT2D eigenvalue weighted by molar-refractivity contribution is -0.143. The highest BCUT2D eigenvalue weighted by molar-refractivity contribution is 5.76. The van der Waals surface area contributed by atoms with Crippen LogP contribution in [-0.4, -0.2) is 47.4 Å². The van der Waals surface area contributed by atoms with Crippen LogP contribution in [0.4, 0.5) is 0 Å². The molecule has 6 heteroatoms. The molecule has 0 heterocycles. The SMILES string of the molecule is CCCCCCCC/C=C\CCCCCCCCCCCC(=O)OCCCCCCCCCCCCCCCCCCCCCCCCCCCCCCCCCC(=O)NC(CO)C(O)CCCCCCCCCCCCCCCCCCCCCCCCCC. The first-order valence-corrected chi connectivity index (χ1v) is 42.4. The van der Waals surface area contributed by atoms with Gasteiger partial charge in [0, 0.05) is 12.8 Å². The summed E-state index contributed by atoms with van der Waals surface area (Å²) in [5.74, 6) is -0.00229. The third-order valence-corrected chi connectivity index (χ3v) is 20.3. The fraction of sp³-hybridized carbons (Fsp3) is 0.953. The molecule has 0 radical (unpaired) electrons. The van der Waals surface area contributed by atoms with Gasteiger partial charge in [0.25, 0.3) is 0 Å². The summed E-state index contributed by atoms with van der Waals surface area (Å²) in [6, 6.07) is -0.539. The number of rotatable bonds is 81. The Morgan fingerprint density at radius 1 is 0.297 bits per heavy atom. The highest BCUT2D eigenvalue weighted by Gasteiger charge is 2.20. The predicted octanol–water partition coefficient (Wildman–Crippen LogP) is 28.2. The molecule has 91 heavy (non-hydrogen) atoms. The van der Waals surface area contributed by atoms with Gasteiger partial charge >= 0.3 is 5.97 Å². The zero-order valence-electron chi connectivity index (χ0n) is 62.4. The van der Waals surface area contributed by atoms with E-state index in [0.29, 0.717) is 25.9 Å². The number of aliphatic hydroxyl groups is 2. The van der Waals surface area contributed by atoms with E-state index in [1.807, 2.05) is 0 Å². The number of nitrogens with one attached hydrogen (secondary N) is 1. The third kappa shape index (κ3) is 77.5. The second-order valence-corrected chi connectivity index (χ2v) is 29.5. The number of esters is 1. The summed E-state index contributed by atoms with van der Waals surface area (Å²) in [6.07, 6.45) is 103. The minimum absolute atomic E-state index is 0.0219. The lowest BCUT2D eigenvalue weighted by Gasteiger charge is -2.22. The van der Waals surface area contributed by atoms with Crippen LogP contribution >= 0.6 is 0 Å². The van der Waals surface area contributed by atoms with Gasteiger partial charge in [-0.2, -0.15) is 0 Å². The van der Waals surface area contributed by atoms with Gasteiger partial charge in [0.2, 0.25) is 5.91 Å². The molecule has 6 nitrogen and oxygen atoms in total. The van der Waals surface area contributed by atoms with E-state index in [2.05, 4.69) is 31.3 Å². The van der Waals surface area contributed by atoms with Crippen molar-refractivity contribution in [3.8, 4) is 0 Å². The Kier molecular flexibility index (Phi) is 79.8. The van der Waals surface area contributed by atoms with E-state index in [-0.39, 0.29) is 18.5 Å². The fourth-order valence-corrected chi connectivity index (χ4v) is 13.9. The van der Waals surface area contributed by atoms with Crippen molar-refractivity contribution in [2.24, 2.45) is 0 Å². The number of unbranched alkanes of at least 4 members (excludes halogenated alkanes) is 68. The molecule has 0 aromatic rings. The van der Waals surface area contributed by atoms with Crippen molar-refractivity contribution in [1.29, 1.82) is 0 Å². The van der Waals surface area contributed by atoms with Crippen molar-refractivity contribution in [2.45, 2.75) is 508 Å². The van der Waals surface area contributed by atoms with E-state index in [0.717, 1.165) is 38.5 Å². The summed E-state index contributed by atoms with van der Waals surface area (Å²) in [4.78, 5) is 24.7. The highest BCUT2D eigenvalue weighted by Crippen LogP contribution is 2.21. The van der Waals surface area contributed by atoms with E-state index in [9.17, 15) is 19.8 Å². The maximum Gasteiger partial charge on any atom is 0.305 e. The standard InChI is InChI=1S/C85H167NO5/c1-3-5-7-9-11-13-15-17-19-21-23-24-25-35-38-42-45-49-53-57-61-65-69-73-77-83(88)82(81-87)86-84(89)78-74-70-66-62-58-54-50-46-43-39-36-33-31-29-27-26-28-30-32-34-37-40-44-48-52-56-60-64-68-72-76-80-91-85(90)79-75-71-67-63-59-55-51-47-41-22-20-18-16-14-12-10-8-6-4-2/h18,20,82-83,87-88H,3-17,19,21-81H2,1-2H3,(H,86,89)/b20-18-. The Morgan fingerprint density at radius 3 is 0.780 bits per heavy atom. The first kappa shape index (κ1) is 89.6. The van der Waals surface area contributed by atoms with Crippen molar-refractivity contribution in [1.82, 2.24) is 5.32 Å². The number of hydrogen-bond acceptors (Lipinski definition) is 5. The van der Waals surface area contributed by atoms with E-state index < -0.39 is 12.1 Å². The van der Waals surface area contributed by atoms with Crippen molar-refractivity contribution in [3.63, 3.8) is 0 Å². The molecule has 0 aromatic heterocycles. The minimum atomic E-state index is -0.662. The zero-order valence-corrected chi connectivity index (χ0v) is 62.4. The Bertz CT molecular complexity index is 1380. The summed E-state index contributed by atoms with van der Waals surface area (Å²) < 4.78 is 5.52. The minimum Gasteiger partial charge on any atom is -0.466 e. The van der Waals surface area contributed by atoms with Gasteiger partial charge in [0.05, 0.1) is 25.4 Å². The third-order valence-electron chi connectivity index (χ3n) is 20.3. The molecule has 0 aliphatic heterocycles. The normalized spacial score (nSPS) is 12.4. The highest BCUT2D eigenvalue weighted by atomic mass is 16.5. The number of allylic oxidation sites excluding steroid dienone is 2. The van der Waals surface area contributed by atoms with Gasteiger partial charge in [0.15, 0.2) is 0 Å². The number of ether oxygens (including phenoxy) is 1. The summed E-state index contributed by atoms with van der Waals surface area (Å²) in [6.45, 7) is 5.02.